The smallest absolute Gasteiger partial charge is 0.237 e. The van der Waals surface area contributed by atoms with Crippen molar-refractivity contribution in [1.82, 2.24) is 0 Å². The number of nitrogens with zero attached hydrogens (tertiary/aromatic N) is 1. The number of thioether (sulfide) groups is 1. The van der Waals surface area contributed by atoms with Crippen LogP contribution in [0.2, 0.25) is 0 Å². The number of ether oxygens (including phenoxy) is 2. The van der Waals surface area contributed by atoms with Gasteiger partial charge in [-0.2, -0.15) is 0 Å². The van der Waals surface area contributed by atoms with Crippen molar-refractivity contribution in [3.05, 3.63) is 70.4 Å². The first-order valence-corrected chi connectivity index (χ1v) is 12.3. The summed E-state index contributed by atoms with van der Waals surface area (Å²) in [6, 6.07) is 17.1. The fourth-order valence-electron chi connectivity index (χ4n) is 3.22. The zero-order valence-electron chi connectivity index (χ0n) is 17.7. The number of thiophene rings is 1. The van der Waals surface area contributed by atoms with Gasteiger partial charge in [-0.1, -0.05) is 23.8 Å². The summed E-state index contributed by atoms with van der Waals surface area (Å²) >= 11 is 2.90. The van der Waals surface area contributed by atoms with E-state index in [1.807, 2.05) is 66.9 Å². The Morgan fingerprint density at radius 3 is 2.56 bits per heavy atom. The molecular formula is C24H24N2O4S2. The third-order valence-electron chi connectivity index (χ3n) is 4.83. The van der Waals surface area contributed by atoms with Gasteiger partial charge in [0.05, 0.1) is 18.1 Å². The average Bonchev–Trinajstić information content (AvgIpc) is 3.32. The molecule has 32 heavy (non-hydrogen) atoms. The maximum atomic E-state index is 13.1. The lowest BCUT2D eigenvalue weighted by atomic mass is 10.2. The number of amides is 2. The summed E-state index contributed by atoms with van der Waals surface area (Å²) in [4.78, 5) is 28.2. The van der Waals surface area contributed by atoms with Gasteiger partial charge < -0.3 is 19.7 Å². The van der Waals surface area contributed by atoms with Gasteiger partial charge in [0.25, 0.3) is 0 Å². The summed E-state index contributed by atoms with van der Waals surface area (Å²) < 4.78 is 11.3. The van der Waals surface area contributed by atoms with Gasteiger partial charge in [0, 0.05) is 22.3 Å². The lowest BCUT2D eigenvalue weighted by Crippen LogP contribution is -2.32. The number of carbonyl (C=O) groups is 2. The first-order chi connectivity index (χ1) is 15.6. The Kier molecular flexibility index (Phi) is 7.34. The third kappa shape index (κ3) is 5.83. The van der Waals surface area contributed by atoms with E-state index in [1.165, 1.54) is 11.8 Å². The number of aryl methyl sites for hydroxylation is 1. The first kappa shape index (κ1) is 22.2. The number of hydrogen-bond acceptors (Lipinski definition) is 6. The van der Waals surface area contributed by atoms with Gasteiger partial charge in [0.15, 0.2) is 11.5 Å². The number of hydrogen-bond donors (Lipinski definition) is 1. The Morgan fingerprint density at radius 1 is 1.03 bits per heavy atom. The molecule has 2 amide bonds. The Morgan fingerprint density at radius 2 is 1.81 bits per heavy atom. The van der Waals surface area contributed by atoms with E-state index in [0.29, 0.717) is 31.3 Å². The number of rotatable bonds is 8. The molecule has 0 unspecified atom stereocenters. The zero-order valence-corrected chi connectivity index (χ0v) is 19.3. The lowest BCUT2D eigenvalue weighted by molar-refractivity contribution is -0.116. The highest BCUT2D eigenvalue weighted by molar-refractivity contribution is 8.00. The number of nitrogens with one attached hydrogen (secondary N) is 1. The van der Waals surface area contributed by atoms with Gasteiger partial charge >= 0.3 is 0 Å². The van der Waals surface area contributed by atoms with E-state index < -0.39 is 0 Å². The molecule has 2 aromatic carbocycles. The van der Waals surface area contributed by atoms with Crippen LogP contribution in [-0.2, 0) is 16.1 Å². The molecular weight excluding hydrogens is 444 g/mol. The number of anilines is 2. The first-order valence-electron chi connectivity index (χ1n) is 10.2. The molecule has 3 aromatic rings. The monoisotopic (exact) mass is 468 g/mol. The van der Waals surface area contributed by atoms with E-state index in [1.54, 1.807) is 16.2 Å². The SMILES string of the molecule is Cc1ccc(NC(=O)CSCC(=O)N(Cc2cccs2)c2ccc3c(c2)OCCO3)cc1. The second-order valence-electron chi connectivity index (χ2n) is 7.29. The van der Waals surface area contributed by atoms with Crippen LogP contribution in [0, 0.1) is 6.92 Å². The molecule has 6 nitrogen and oxygen atoms in total. The highest BCUT2D eigenvalue weighted by atomic mass is 32.2. The van der Waals surface area contributed by atoms with E-state index in [2.05, 4.69) is 5.32 Å². The molecule has 4 rings (SSSR count). The molecule has 2 heterocycles. The Bertz CT molecular complexity index is 1070. The molecule has 8 heteroatoms. The zero-order chi connectivity index (χ0) is 22.3. The predicted octanol–water partition coefficient (Wildman–Crippen LogP) is 4.73. The highest BCUT2D eigenvalue weighted by Gasteiger charge is 2.20. The average molecular weight is 469 g/mol. The number of carbonyl (C=O) groups excluding carboxylic acids is 2. The summed E-state index contributed by atoms with van der Waals surface area (Å²) in [5, 5.41) is 4.85. The molecule has 1 aromatic heterocycles. The molecule has 1 aliphatic heterocycles. The number of benzene rings is 2. The Hall–Kier alpha value is -2.97. The van der Waals surface area contributed by atoms with Gasteiger partial charge in [-0.05, 0) is 42.6 Å². The summed E-state index contributed by atoms with van der Waals surface area (Å²) in [5.74, 6) is 1.53. The van der Waals surface area contributed by atoms with Gasteiger partial charge in [0.1, 0.15) is 13.2 Å². The van der Waals surface area contributed by atoms with Crippen LogP contribution in [0.5, 0.6) is 11.5 Å². The van der Waals surface area contributed by atoms with Gasteiger partial charge in [0.2, 0.25) is 11.8 Å². The fraction of sp³-hybridized carbons (Fsp3) is 0.250. The van der Waals surface area contributed by atoms with Crippen molar-refractivity contribution >= 4 is 46.3 Å². The van der Waals surface area contributed by atoms with Crippen LogP contribution in [-0.4, -0.2) is 36.5 Å². The topological polar surface area (TPSA) is 67.9 Å². The van der Waals surface area contributed by atoms with E-state index >= 15 is 0 Å². The van der Waals surface area contributed by atoms with E-state index in [0.717, 1.165) is 21.8 Å². The Balaban J connectivity index is 1.39. The molecule has 0 atom stereocenters. The van der Waals surface area contributed by atoms with Crippen LogP contribution in [0.25, 0.3) is 0 Å². The predicted molar refractivity (Wildman–Crippen MR) is 130 cm³/mol. The Labute approximate surface area is 195 Å². The van der Waals surface area contributed by atoms with E-state index in [4.69, 9.17) is 9.47 Å². The van der Waals surface area contributed by atoms with Crippen LogP contribution >= 0.6 is 23.1 Å². The minimum Gasteiger partial charge on any atom is -0.486 e. The van der Waals surface area contributed by atoms with E-state index in [9.17, 15) is 9.59 Å². The van der Waals surface area contributed by atoms with Crippen LogP contribution in [0.4, 0.5) is 11.4 Å². The molecule has 1 N–H and O–H groups in total. The normalized spacial score (nSPS) is 12.3. The summed E-state index contributed by atoms with van der Waals surface area (Å²) in [7, 11) is 0. The molecule has 0 fully saturated rings. The molecule has 0 aliphatic carbocycles. The van der Waals surface area contributed by atoms with E-state index in [-0.39, 0.29) is 23.3 Å². The number of fused-ring (bicyclic) bond motifs is 1. The summed E-state index contributed by atoms with van der Waals surface area (Å²) in [6.07, 6.45) is 0. The molecule has 0 saturated carbocycles. The second kappa shape index (κ2) is 10.6. The van der Waals surface area contributed by atoms with Crippen molar-refractivity contribution in [2.45, 2.75) is 13.5 Å². The molecule has 0 radical (unpaired) electrons. The van der Waals surface area contributed by atoms with Crippen molar-refractivity contribution in [2.75, 3.05) is 34.9 Å². The quantitative estimate of drug-likeness (QED) is 0.518. The van der Waals surface area contributed by atoms with Gasteiger partial charge in [-0.25, -0.2) is 0 Å². The molecule has 1 aliphatic rings. The minimum atomic E-state index is -0.129. The van der Waals surface area contributed by atoms with Crippen molar-refractivity contribution < 1.29 is 19.1 Å². The maximum Gasteiger partial charge on any atom is 0.237 e. The van der Waals surface area contributed by atoms with Crippen LogP contribution in [0.3, 0.4) is 0 Å². The van der Waals surface area contributed by atoms with Crippen LogP contribution in [0.1, 0.15) is 10.4 Å². The molecule has 0 bridgehead atoms. The minimum absolute atomic E-state index is 0.0665. The van der Waals surface area contributed by atoms with Crippen molar-refractivity contribution in [3.63, 3.8) is 0 Å². The highest BCUT2D eigenvalue weighted by Crippen LogP contribution is 2.35. The summed E-state index contributed by atoms with van der Waals surface area (Å²) in [5.41, 5.74) is 2.63. The van der Waals surface area contributed by atoms with Gasteiger partial charge in [-0.3, -0.25) is 9.59 Å². The fourth-order valence-corrected chi connectivity index (χ4v) is 4.61. The van der Waals surface area contributed by atoms with Crippen LogP contribution in [0.15, 0.2) is 60.0 Å². The lowest BCUT2D eigenvalue weighted by Gasteiger charge is -2.25. The van der Waals surface area contributed by atoms with Crippen molar-refractivity contribution in [1.29, 1.82) is 0 Å². The van der Waals surface area contributed by atoms with Crippen LogP contribution < -0.4 is 19.7 Å². The third-order valence-corrected chi connectivity index (χ3v) is 6.61. The summed E-state index contributed by atoms with van der Waals surface area (Å²) in [6.45, 7) is 3.47. The molecule has 0 saturated heterocycles. The standard InChI is InChI=1S/C24H24N2O4S2/c1-17-4-6-18(7-5-17)25-23(27)15-31-16-24(28)26(14-20-3-2-12-32-20)19-8-9-21-22(13-19)30-11-10-29-21/h2-9,12-13H,10-11,14-16H2,1H3,(H,25,27). The second-order valence-corrected chi connectivity index (χ2v) is 9.31. The maximum absolute atomic E-state index is 13.1. The largest absolute Gasteiger partial charge is 0.486 e. The van der Waals surface area contributed by atoms with Crippen molar-refractivity contribution in [3.8, 4) is 11.5 Å². The molecule has 166 valence electrons. The van der Waals surface area contributed by atoms with Crippen molar-refractivity contribution in [2.24, 2.45) is 0 Å². The molecule has 0 spiro atoms. The van der Waals surface area contributed by atoms with Gasteiger partial charge in [-0.15, -0.1) is 23.1 Å².